The quantitative estimate of drug-likeness (QED) is 0.730. The van der Waals surface area contributed by atoms with Gasteiger partial charge >= 0.3 is 0 Å². The van der Waals surface area contributed by atoms with Crippen LogP contribution in [-0.2, 0) is 16.1 Å². The monoisotopic (exact) mass is 417 g/mol. The number of likely N-dealkylation sites (N-methyl/N-ethyl adjacent to an activating group) is 1. The molecule has 1 fully saturated rings. The Hall–Kier alpha value is -2.64. The highest BCUT2D eigenvalue weighted by molar-refractivity contribution is 7.80. The fourth-order valence-corrected chi connectivity index (χ4v) is 3.48. The smallest absolute Gasteiger partial charge is 0.251 e. The maximum absolute atomic E-state index is 12.6. The molecule has 2 aromatic carbocycles. The van der Waals surface area contributed by atoms with Crippen LogP contribution in [0.25, 0.3) is 0 Å². The third-order valence-electron chi connectivity index (χ3n) is 4.56. The summed E-state index contributed by atoms with van der Waals surface area (Å²) in [5, 5.41) is 3.60. The van der Waals surface area contributed by atoms with Crippen LogP contribution in [0.3, 0.4) is 0 Å². The number of amides is 2. The Labute approximate surface area is 174 Å². The number of para-hydroxylation sites is 1. The first-order chi connectivity index (χ1) is 13.4. The fraction of sp³-hybridized carbons (Fsp3) is 0.250. The number of benzene rings is 2. The van der Waals surface area contributed by atoms with Crippen LogP contribution < -0.4 is 10.1 Å². The molecule has 1 heterocycles. The lowest BCUT2D eigenvalue weighted by Gasteiger charge is -2.23. The van der Waals surface area contributed by atoms with Gasteiger partial charge in [-0.15, -0.1) is 0 Å². The molecular weight excluding hydrogens is 398 g/mol. The highest BCUT2D eigenvalue weighted by atomic mass is 35.5. The average molecular weight is 418 g/mol. The molecule has 8 heteroatoms. The number of nitrogens with zero attached hydrogens (tertiary/aromatic N) is 2. The van der Waals surface area contributed by atoms with Gasteiger partial charge in [-0.25, -0.2) is 0 Å². The van der Waals surface area contributed by atoms with Gasteiger partial charge < -0.3 is 15.0 Å². The van der Waals surface area contributed by atoms with Crippen LogP contribution in [0, 0.1) is 0 Å². The van der Waals surface area contributed by atoms with Crippen LogP contribution in [0.2, 0.25) is 5.02 Å². The van der Waals surface area contributed by atoms with Crippen molar-refractivity contribution in [1.82, 2.24) is 9.80 Å². The van der Waals surface area contributed by atoms with Gasteiger partial charge in [0, 0.05) is 13.6 Å². The molecule has 3 rings (SSSR count). The summed E-state index contributed by atoms with van der Waals surface area (Å²) in [5.74, 6) is 0.244. The van der Waals surface area contributed by atoms with E-state index in [9.17, 15) is 9.59 Å². The number of anilines is 1. The maximum Gasteiger partial charge on any atom is 0.251 e. The van der Waals surface area contributed by atoms with Crippen LogP contribution in [0.4, 0.5) is 5.69 Å². The normalized spacial score (nSPS) is 16.5. The third-order valence-corrected chi connectivity index (χ3v) is 5.40. The Kier molecular flexibility index (Phi) is 6.16. The second-order valence-electron chi connectivity index (χ2n) is 6.40. The Morgan fingerprint density at radius 2 is 1.89 bits per heavy atom. The van der Waals surface area contributed by atoms with Crippen molar-refractivity contribution < 1.29 is 14.3 Å². The van der Waals surface area contributed by atoms with E-state index >= 15 is 0 Å². The SMILES string of the molecule is COc1ccc(CN2C(=S)N(C)C(=O)[C@H]2CC(=O)Nc2ccccc2Cl)cc1. The van der Waals surface area contributed by atoms with Gasteiger partial charge in [0.1, 0.15) is 11.8 Å². The van der Waals surface area contributed by atoms with Crippen LogP contribution >= 0.6 is 23.8 Å². The summed E-state index contributed by atoms with van der Waals surface area (Å²) in [5.41, 5.74) is 1.47. The molecule has 0 saturated carbocycles. The first-order valence-corrected chi connectivity index (χ1v) is 9.45. The van der Waals surface area contributed by atoms with E-state index in [1.54, 1.807) is 43.3 Å². The van der Waals surface area contributed by atoms with Crippen molar-refractivity contribution in [2.24, 2.45) is 0 Å². The molecule has 1 saturated heterocycles. The molecule has 1 N–H and O–H groups in total. The van der Waals surface area contributed by atoms with Crippen LogP contribution in [0.5, 0.6) is 5.75 Å². The molecule has 1 atom stereocenters. The lowest BCUT2D eigenvalue weighted by molar-refractivity contribution is -0.130. The van der Waals surface area contributed by atoms with E-state index < -0.39 is 6.04 Å². The van der Waals surface area contributed by atoms with Gasteiger partial charge in [0.25, 0.3) is 5.91 Å². The Bertz CT molecular complexity index is 904. The number of halogens is 1. The predicted octanol–water partition coefficient (Wildman–Crippen LogP) is 3.30. The standard InChI is InChI=1S/C20H20ClN3O3S/c1-23-19(26)17(11-18(25)22-16-6-4-3-5-15(16)21)24(20(23)28)12-13-7-9-14(27-2)10-8-13/h3-10,17H,11-12H2,1-2H3,(H,22,25)/t17-/m1/s1. The van der Waals surface area contributed by atoms with Gasteiger partial charge in [-0.1, -0.05) is 35.9 Å². The number of carbonyl (C=O) groups is 2. The highest BCUT2D eigenvalue weighted by Crippen LogP contribution is 2.25. The van der Waals surface area contributed by atoms with Gasteiger partial charge in [-0.05, 0) is 42.0 Å². The molecule has 1 aliphatic heterocycles. The van der Waals surface area contributed by atoms with Gasteiger partial charge in [0.2, 0.25) is 5.91 Å². The first kappa shape index (κ1) is 20.1. The number of rotatable bonds is 6. The number of methoxy groups -OCH3 is 1. The zero-order valence-corrected chi connectivity index (χ0v) is 17.1. The zero-order valence-electron chi connectivity index (χ0n) is 15.5. The lowest BCUT2D eigenvalue weighted by atomic mass is 10.1. The van der Waals surface area contributed by atoms with E-state index in [1.165, 1.54) is 4.90 Å². The maximum atomic E-state index is 12.6. The molecule has 0 unspecified atom stereocenters. The second kappa shape index (κ2) is 8.58. The molecule has 0 radical (unpaired) electrons. The highest BCUT2D eigenvalue weighted by Gasteiger charge is 2.41. The van der Waals surface area contributed by atoms with Crippen LogP contribution in [0.15, 0.2) is 48.5 Å². The minimum atomic E-state index is -0.665. The van der Waals surface area contributed by atoms with E-state index in [4.69, 9.17) is 28.6 Å². The molecule has 2 aromatic rings. The molecule has 0 aromatic heterocycles. The Morgan fingerprint density at radius 1 is 1.21 bits per heavy atom. The first-order valence-electron chi connectivity index (χ1n) is 8.66. The summed E-state index contributed by atoms with van der Waals surface area (Å²) >= 11 is 11.5. The van der Waals surface area contributed by atoms with E-state index in [2.05, 4.69) is 5.32 Å². The molecule has 28 heavy (non-hydrogen) atoms. The average Bonchev–Trinajstić information content (AvgIpc) is 2.88. The summed E-state index contributed by atoms with van der Waals surface area (Å²) < 4.78 is 5.17. The number of hydrogen-bond donors (Lipinski definition) is 1. The van der Waals surface area contributed by atoms with E-state index in [1.807, 2.05) is 24.3 Å². The fourth-order valence-electron chi connectivity index (χ4n) is 3.02. The van der Waals surface area contributed by atoms with E-state index in [0.29, 0.717) is 22.4 Å². The Morgan fingerprint density at radius 3 is 2.54 bits per heavy atom. The molecule has 6 nitrogen and oxygen atoms in total. The van der Waals surface area contributed by atoms with Gasteiger partial charge in [0.15, 0.2) is 5.11 Å². The molecule has 0 bridgehead atoms. The molecular formula is C20H20ClN3O3S. The number of nitrogens with one attached hydrogen (secondary N) is 1. The Balaban J connectivity index is 1.74. The molecule has 0 spiro atoms. The number of hydrogen-bond acceptors (Lipinski definition) is 4. The number of thiocarbonyl (C=S) groups is 1. The van der Waals surface area contributed by atoms with Crippen molar-refractivity contribution in [3.63, 3.8) is 0 Å². The van der Waals surface area contributed by atoms with Crippen LogP contribution in [0.1, 0.15) is 12.0 Å². The van der Waals surface area contributed by atoms with E-state index in [-0.39, 0.29) is 18.2 Å². The summed E-state index contributed by atoms with van der Waals surface area (Å²) in [6, 6.07) is 13.8. The largest absolute Gasteiger partial charge is 0.497 e. The summed E-state index contributed by atoms with van der Waals surface area (Å²) in [6.07, 6.45) is -0.0231. The van der Waals surface area contributed by atoms with Crippen molar-refractivity contribution in [2.45, 2.75) is 19.0 Å². The number of ether oxygens (including phenoxy) is 1. The second-order valence-corrected chi connectivity index (χ2v) is 7.18. The van der Waals surface area contributed by atoms with Gasteiger partial charge in [-0.2, -0.15) is 0 Å². The van der Waals surface area contributed by atoms with Gasteiger partial charge in [-0.3, -0.25) is 14.5 Å². The van der Waals surface area contributed by atoms with Crippen molar-refractivity contribution in [2.75, 3.05) is 19.5 Å². The van der Waals surface area contributed by atoms with Crippen molar-refractivity contribution in [3.05, 3.63) is 59.1 Å². The van der Waals surface area contributed by atoms with Crippen LogP contribution in [-0.4, -0.2) is 46.9 Å². The van der Waals surface area contributed by atoms with Crippen molar-refractivity contribution >= 4 is 46.4 Å². The molecule has 1 aliphatic rings. The molecule has 2 amide bonds. The topological polar surface area (TPSA) is 61.9 Å². The molecule has 146 valence electrons. The summed E-state index contributed by atoms with van der Waals surface area (Å²) in [4.78, 5) is 28.4. The summed E-state index contributed by atoms with van der Waals surface area (Å²) in [6.45, 7) is 0.420. The zero-order chi connectivity index (χ0) is 20.3. The van der Waals surface area contributed by atoms with Gasteiger partial charge in [0.05, 0.1) is 24.2 Å². The minimum absolute atomic E-state index is 0.0231. The minimum Gasteiger partial charge on any atom is -0.497 e. The molecule has 0 aliphatic carbocycles. The van der Waals surface area contributed by atoms with Crippen molar-refractivity contribution in [1.29, 1.82) is 0 Å². The lowest BCUT2D eigenvalue weighted by Crippen LogP contribution is -2.37. The summed E-state index contributed by atoms with van der Waals surface area (Å²) in [7, 11) is 3.23. The number of carbonyl (C=O) groups excluding carboxylic acids is 2. The predicted molar refractivity (Wildman–Crippen MR) is 112 cm³/mol. The third kappa shape index (κ3) is 4.26. The van der Waals surface area contributed by atoms with E-state index in [0.717, 1.165) is 11.3 Å². The van der Waals surface area contributed by atoms with Crippen molar-refractivity contribution in [3.8, 4) is 5.75 Å².